The normalized spacial score (nSPS) is 13.0. The molecule has 0 aliphatic heterocycles. The van der Waals surface area contributed by atoms with Crippen molar-refractivity contribution in [2.24, 2.45) is 5.41 Å². The Hall–Kier alpha value is -3.18. The SMILES string of the molecule is CC(C)(C)c1cc(-c2cc(-c3ccc4cc(CC(C)(C)C(F)(F)F)sc4c3)ccn2)cc2ccccc12. The van der Waals surface area contributed by atoms with Gasteiger partial charge in [0.15, 0.2) is 0 Å². The summed E-state index contributed by atoms with van der Waals surface area (Å²) >= 11 is 1.44. The summed E-state index contributed by atoms with van der Waals surface area (Å²) in [6, 6.07) is 24.9. The maximum Gasteiger partial charge on any atom is 0.394 e. The predicted octanol–water partition coefficient (Wildman–Crippen LogP) is 10.2. The minimum absolute atomic E-state index is 0.0180. The highest BCUT2D eigenvalue weighted by atomic mass is 32.1. The van der Waals surface area contributed by atoms with Gasteiger partial charge in [-0.3, -0.25) is 4.98 Å². The molecular weight excluding hydrogens is 487 g/mol. The maximum atomic E-state index is 13.4. The van der Waals surface area contributed by atoms with E-state index in [4.69, 9.17) is 4.98 Å². The van der Waals surface area contributed by atoms with Crippen molar-refractivity contribution in [3.8, 4) is 22.4 Å². The van der Waals surface area contributed by atoms with Crippen LogP contribution in [0.15, 0.2) is 79.0 Å². The number of thiophene rings is 1. The number of benzene rings is 3. The molecule has 0 aliphatic carbocycles. The molecule has 0 unspecified atom stereocenters. The van der Waals surface area contributed by atoms with Gasteiger partial charge >= 0.3 is 6.18 Å². The Labute approximate surface area is 220 Å². The molecule has 0 saturated carbocycles. The van der Waals surface area contributed by atoms with Crippen LogP contribution in [0.4, 0.5) is 13.2 Å². The van der Waals surface area contributed by atoms with E-state index in [2.05, 4.69) is 69.3 Å². The zero-order chi connectivity index (χ0) is 26.6. The van der Waals surface area contributed by atoms with Crippen LogP contribution in [0.25, 0.3) is 43.2 Å². The lowest BCUT2D eigenvalue weighted by atomic mass is 9.82. The first-order chi connectivity index (χ1) is 17.3. The first-order valence-electron chi connectivity index (χ1n) is 12.4. The molecule has 3 aromatic carbocycles. The van der Waals surface area contributed by atoms with E-state index in [1.165, 1.54) is 41.5 Å². The van der Waals surface area contributed by atoms with Gasteiger partial charge in [0.1, 0.15) is 0 Å². The largest absolute Gasteiger partial charge is 0.394 e. The zero-order valence-electron chi connectivity index (χ0n) is 21.7. The number of hydrogen-bond donors (Lipinski definition) is 0. The van der Waals surface area contributed by atoms with E-state index in [9.17, 15) is 13.2 Å². The summed E-state index contributed by atoms with van der Waals surface area (Å²) in [7, 11) is 0. The molecule has 37 heavy (non-hydrogen) atoms. The molecule has 0 bridgehead atoms. The monoisotopic (exact) mass is 517 g/mol. The first-order valence-corrected chi connectivity index (χ1v) is 13.2. The molecule has 0 amide bonds. The number of rotatable bonds is 4. The lowest BCUT2D eigenvalue weighted by Gasteiger charge is -2.26. The molecule has 5 heteroatoms. The quantitative estimate of drug-likeness (QED) is 0.231. The van der Waals surface area contributed by atoms with Gasteiger partial charge in [-0.05, 0) is 81.1 Å². The lowest BCUT2D eigenvalue weighted by molar-refractivity contribution is -0.210. The van der Waals surface area contributed by atoms with E-state index in [0.29, 0.717) is 0 Å². The fraction of sp³-hybridized carbons (Fsp3) is 0.281. The topological polar surface area (TPSA) is 12.9 Å². The van der Waals surface area contributed by atoms with Crippen molar-refractivity contribution in [2.75, 3.05) is 0 Å². The highest BCUT2D eigenvalue weighted by Crippen LogP contribution is 2.43. The van der Waals surface area contributed by atoms with Gasteiger partial charge in [0.05, 0.1) is 11.1 Å². The van der Waals surface area contributed by atoms with Crippen LogP contribution in [-0.2, 0) is 11.8 Å². The Kier molecular flexibility index (Phi) is 6.18. The highest BCUT2D eigenvalue weighted by Gasteiger charge is 2.47. The Morgan fingerprint density at radius 1 is 0.730 bits per heavy atom. The summed E-state index contributed by atoms with van der Waals surface area (Å²) in [6.07, 6.45) is -2.44. The number of nitrogens with zero attached hydrogens (tertiary/aromatic N) is 1. The van der Waals surface area contributed by atoms with Crippen molar-refractivity contribution in [2.45, 2.75) is 52.6 Å². The van der Waals surface area contributed by atoms with Crippen LogP contribution in [0.1, 0.15) is 45.1 Å². The molecule has 0 fully saturated rings. The Morgan fingerprint density at radius 3 is 2.19 bits per heavy atom. The van der Waals surface area contributed by atoms with Crippen molar-refractivity contribution in [3.63, 3.8) is 0 Å². The average molecular weight is 518 g/mol. The van der Waals surface area contributed by atoms with E-state index in [0.717, 1.165) is 37.3 Å². The molecule has 0 atom stereocenters. The molecule has 0 radical (unpaired) electrons. The van der Waals surface area contributed by atoms with E-state index in [1.807, 2.05) is 30.5 Å². The summed E-state index contributed by atoms with van der Waals surface area (Å²) < 4.78 is 41.2. The third-order valence-corrected chi connectivity index (χ3v) is 8.11. The second-order valence-corrected chi connectivity index (χ2v) is 12.6. The average Bonchev–Trinajstić information content (AvgIpc) is 3.23. The Morgan fingerprint density at radius 2 is 1.46 bits per heavy atom. The summed E-state index contributed by atoms with van der Waals surface area (Å²) in [6.45, 7) is 9.20. The van der Waals surface area contributed by atoms with Crippen LogP contribution >= 0.6 is 11.3 Å². The minimum atomic E-state index is -4.24. The summed E-state index contributed by atoms with van der Waals surface area (Å²) in [4.78, 5) is 5.44. The van der Waals surface area contributed by atoms with Gasteiger partial charge in [-0.15, -0.1) is 11.3 Å². The van der Waals surface area contributed by atoms with Crippen LogP contribution in [0.3, 0.4) is 0 Å². The van der Waals surface area contributed by atoms with E-state index in [1.54, 1.807) is 0 Å². The van der Waals surface area contributed by atoms with Gasteiger partial charge in [0, 0.05) is 21.3 Å². The molecule has 0 aliphatic rings. The number of fused-ring (bicyclic) bond motifs is 2. The van der Waals surface area contributed by atoms with Crippen LogP contribution in [0.2, 0.25) is 0 Å². The molecule has 0 spiro atoms. The number of aromatic nitrogens is 1. The van der Waals surface area contributed by atoms with Gasteiger partial charge in [0.2, 0.25) is 0 Å². The molecule has 5 rings (SSSR count). The smallest absolute Gasteiger partial charge is 0.256 e. The standard InChI is InChI=1S/C32H30F3NS/c1-30(2,3)27-16-24(14-22-8-6-7-9-26(22)27)28-17-21(12-13-36-28)20-10-11-23-15-25(37-29(23)18-20)19-31(4,5)32(33,34)35/h6-18H,19H2,1-5H3. The highest BCUT2D eigenvalue weighted by molar-refractivity contribution is 7.19. The van der Waals surface area contributed by atoms with Gasteiger partial charge < -0.3 is 0 Å². The third kappa shape index (κ3) is 5.02. The van der Waals surface area contributed by atoms with E-state index in [-0.39, 0.29) is 11.8 Å². The molecule has 1 nitrogen and oxygen atoms in total. The van der Waals surface area contributed by atoms with Crippen LogP contribution < -0.4 is 0 Å². The van der Waals surface area contributed by atoms with Gasteiger partial charge in [-0.25, -0.2) is 0 Å². The number of halogens is 3. The Balaban J connectivity index is 1.53. The molecule has 5 aromatic rings. The number of alkyl halides is 3. The van der Waals surface area contributed by atoms with Crippen molar-refractivity contribution in [1.29, 1.82) is 0 Å². The van der Waals surface area contributed by atoms with Gasteiger partial charge in [-0.2, -0.15) is 13.2 Å². The predicted molar refractivity (Wildman–Crippen MR) is 150 cm³/mol. The van der Waals surface area contributed by atoms with Crippen LogP contribution in [-0.4, -0.2) is 11.2 Å². The summed E-state index contributed by atoms with van der Waals surface area (Å²) in [5, 5.41) is 3.41. The van der Waals surface area contributed by atoms with E-state index < -0.39 is 11.6 Å². The Bertz CT molecular complexity index is 1600. The first kappa shape index (κ1) is 25.5. The zero-order valence-corrected chi connectivity index (χ0v) is 22.5. The fourth-order valence-electron chi connectivity index (χ4n) is 4.74. The molecule has 0 N–H and O–H groups in total. The van der Waals surface area contributed by atoms with Gasteiger partial charge in [0.25, 0.3) is 0 Å². The maximum absolute atomic E-state index is 13.4. The van der Waals surface area contributed by atoms with Crippen LogP contribution in [0, 0.1) is 5.41 Å². The molecular formula is C32H30F3NS. The van der Waals surface area contributed by atoms with Crippen molar-refractivity contribution >= 4 is 32.2 Å². The van der Waals surface area contributed by atoms with Crippen molar-refractivity contribution in [3.05, 3.63) is 89.4 Å². The second kappa shape index (κ2) is 8.98. The fourth-order valence-corrected chi connectivity index (χ4v) is 6.07. The minimum Gasteiger partial charge on any atom is -0.256 e. The molecule has 0 saturated heterocycles. The summed E-state index contributed by atoms with van der Waals surface area (Å²) in [5.41, 5.74) is 3.52. The molecule has 190 valence electrons. The van der Waals surface area contributed by atoms with Crippen molar-refractivity contribution < 1.29 is 13.2 Å². The van der Waals surface area contributed by atoms with Crippen LogP contribution in [0.5, 0.6) is 0 Å². The number of pyridine rings is 1. The number of hydrogen-bond acceptors (Lipinski definition) is 2. The molecule has 2 aromatic heterocycles. The second-order valence-electron chi connectivity index (χ2n) is 11.4. The lowest BCUT2D eigenvalue weighted by Crippen LogP contribution is -2.33. The third-order valence-electron chi connectivity index (χ3n) is 7.01. The van der Waals surface area contributed by atoms with Gasteiger partial charge in [-0.1, -0.05) is 71.0 Å². The molecule has 2 heterocycles. The summed E-state index contributed by atoms with van der Waals surface area (Å²) in [5.74, 6) is 0. The van der Waals surface area contributed by atoms with E-state index >= 15 is 0 Å². The van der Waals surface area contributed by atoms with Crippen molar-refractivity contribution in [1.82, 2.24) is 4.98 Å².